The van der Waals surface area contributed by atoms with Crippen molar-refractivity contribution in [3.63, 3.8) is 0 Å². The Morgan fingerprint density at radius 2 is 2.00 bits per heavy atom. The van der Waals surface area contributed by atoms with Crippen molar-refractivity contribution in [2.24, 2.45) is 5.92 Å². The number of nitrogens with zero attached hydrogens (tertiary/aromatic N) is 2. The highest BCUT2D eigenvalue weighted by atomic mass is 19.1. The van der Waals surface area contributed by atoms with Gasteiger partial charge in [0.25, 0.3) is 0 Å². The summed E-state index contributed by atoms with van der Waals surface area (Å²) < 4.78 is 13.5. The number of carbonyl (C=O) groups excluding carboxylic acids is 1. The first-order chi connectivity index (χ1) is 8.50. The van der Waals surface area contributed by atoms with E-state index in [1.54, 1.807) is 12.1 Å². The van der Waals surface area contributed by atoms with E-state index in [9.17, 15) is 14.0 Å². The quantitative estimate of drug-likeness (QED) is 0.865. The molecule has 0 atom stereocenters. The second-order valence-electron chi connectivity index (χ2n) is 4.23. The number of likely N-dealkylation sites (tertiary alicyclic amines) is 1. The molecule has 0 bridgehead atoms. The lowest BCUT2D eigenvalue weighted by atomic mass is 10.0. The minimum Gasteiger partial charge on any atom is -0.481 e. The van der Waals surface area contributed by atoms with Gasteiger partial charge in [-0.25, -0.2) is 9.18 Å². The van der Waals surface area contributed by atoms with Crippen molar-refractivity contribution >= 4 is 17.7 Å². The molecule has 1 fully saturated rings. The minimum atomic E-state index is -0.910. The molecule has 0 saturated carbocycles. The Hall–Kier alpha value is -2.11. The summed E-state index contributed by atoms with van der Waals surface area (Å²) in [5, 5.41) is 8.72. The van der Waals surface area contributed by atoms with Gasteiger partial charge in [-0.3, -0.25) is 9.69 Å². The number of benzene rings is 1. The van der Waals surface area contributed by atoms with Gasteiger partial charge in [0.2, 0.25) is 0 Å². The molecule has 5 nitrogen and oxygen atoms in total. The summed E-state index contributed by atoms with van der Waals surface area (Å²) in [5.74, 6) is -1.90. The Labute approximate surface area is 103 Å². The molecular formula is C12H13FN2O3. The summed E-state index contributed by atoms with van der Waals surface area (Å²) in [6.45, 7) is 0.347. The number of carboxylic acid groups (broad SMARTS) is 1. The van der Waals surface area contributed by atoms with Crippen LogP contribution in [0.1, 0.15) is 0 Å². The molecule has 1 saturated heterocycles. The van der Waals surface area contributed by atoms with E-state index >= 15 is 0 Å². The van der Waals surface area contributed by atoms with Crippen molar-refractivity contribution in [3.8, 4) is 0 Å². The van der Waals surface area contributed by atoms with Gasteiger partial charge in [0.05, 0.1) is 11.6 Å². The number of amides is 2. The maximum absolute atomic E-state index is 13.5. The molecule has 0 aromatic heterocycles. The number of hydrogen-bond acceptors (Lipinski definition) is 2. The highest BCUT2D eigenvalue weighted by Gasteiger charge is 2.37. The van der Waals surface area contributed by atoms with E-state index in [2.05, 4.69) is 0 Å². The van der Waals surface area contributed by atoms with Crippen LogP contribution in [-0.4, -0.2) is 42.1 Å². The van der Waals surface area contributed by atoms with Crippen LogP contribution in [0, 0.1) is 11.7 Å². The summed E-state index contributed by atoms with van der Waals surface area (Å²) in [4.78, 5) is 25.1. The summed E-state index contributed by atoms with van der Waals surface area (Å²) in [7, 11) is 1.47. The number of urea groups is 1. The highest BCUT2D eigenvalue weighted by molar-refractivity contribution is 5.93. The molecule has 0 unspecified atom stereocenters. The molecule has 1 aromatic rings. The van der Waals surface area contributed by atoms with E-state index < -0.39 is 23.7 Å². The van der Waals surface area contributed by atoms with Gasteiger partial charge in [0.15, 0.2) is 0 Å². The van der Waals surface area contributed by atoms with Crippen molar-refractivity contribution in [1.82, 2.24) is 4.90 Å². The Bertz CT molecular complexity index is 486. The topological polar surface area (TPSA) is 60.9 Å². The van der Waals surface area contributed by atoms with Crippen molar-refractivity contribution < 1.29 is 19.1 Å². The number of hydrogen-bond donors (Lipinski definition) is 1. The zero-order valence-electron chi connectivity index (χ0n) is 9.84. The first-order valence-electron chi connectivity index (χ1n) is 5.50. The molecule has 6 heteroatoms. The molecule has 2 rings (SSSR count). The molecule has 96 valence electrons. The van der Waals surface area contributed by atoms with Crippen LogP contribution in [-0.2, 0) is 4.79 Å². The van der Waals surface area contributed by atoms with Crippen LogP contribution in [0.25, 0.3) is 0 Å². The normalized spacial score (nSPS) is 15.1. The molecule has 18 heavy (non-hydrogen) atoms. The van der Waals surface area contributed by atoms with Gasteiger partial charge in [-0.05, 0) is 12.1 Å². The average molecular weight is 252 g/mol. The maximum Gasteiger partial charge on any atom is 0.324 e. The van der Waals surface area contributed by atoms with Gasteiger partial charge in [-0.15, -0.1) is 0 Å². The second-order valence-corrected chi connectivity index (χ2v) is 4.23. The lowest BCUT2D eigenvalue weighted by Gasteiger charge is -2.38. The van der Waals surface area contributed by atoms with E-state index in [0.29, 0.717) is 0 Å². The third-order valence-corrected chi connectivity index (χ3v) is 3.00. The van der Waals surface area contributed by atoms with E-state index in [0.717, 1.165) is 0 Å². The van der Waals surface area contributed by atoms with Gasteiger partial charge < -0.3 is 10.0 Å². The predicted octanol–water partition coefficient (Wildman–Crippen LogP) is 1.40. The Balaban J connectivity index is 2.03. The highest BCUT2D eigenvalue weighted by Crippen LogP contribution is 2.22. The van der Waals surface area contributed by atoms with Crippen molar-refractivity contribution in [3.05, 3.63) is 30.1 Å². The Morgan fingerprint density at radius 3 is 2.56 bits per heavy atom. The van der Waals surface area contributed by atoms with Crippen LogP contribution in [0.15, 0.2) is 24.3 Å². The zero-order valence-corrected chi connectivity index (χ0v) is 9.84. The lowest BCUT2D eigenvalue weighted by molar-refractivity contribution is -0.146. The molecule has 1 aromatic carbocycles. The number of aliphatic carboxylic acids is 1. The first-order valence-corrected chi connectivity index (χ1v) is 5.50. The van der Waals surface area contributed by atoms with Crippen molar-refractivity contribution in [2.45, 2.75) is 0 Å². The lowest BCUT2D eigenvalue weighted by Crippen LogP contribution is -2.56. The second kappa shape index (κ2) is 4.64. The predicted molar refractivity (Wildman–Crippen MR) is 62.9 cm³/mol. The molecule has 1 aliphatic rings. The third-order valence-electron chi connectivity index (χ3n) is 3.00. The number of rotatable bonds is 2. The van der Waals surface area contributed by atoms with Crippen LogP contribution in [0.3, 0.4) is 0 Å². The Morgan fingerprint density at radius 1 is 1.39 bits per heavy atom. The van der Waals surface area contributed by atoms with Crippen LogP contribution < -0.4 is 4.90 Å². The zero-order chi connectivity index (χ0) is 13.3. The average Bonchev–Trinajstić information content (AvgIpc) is 2.26. The molecule has 1 aliphatic heterocycles. The van der Waals surface area contributed by atoms with Gasteiger partial charge in [0, 0.05) is 20.1 Å². The summed E-state index contributed by atoms with van der Waals surface area (Å²) in [5.41, 5.74) is 0.182. The molecule has 2 amide bonds. The van der Waals surface area contributed by atoms with Crippen LogP contribution in [0.2, 0.25) is 0 Å². The fourth-order valence-corrected chi connectivity index (χ4v) is 1.83. The summed E-state index contributed by atoms with van der Waals surface area (Å²) in [6, 6.07) is 5.56. The number of para-hydroxylation sites is 1. The monoisotopic (exact) mass is 252 g/mol. The number of anilines is 1. The number of halogens is 1. The first kappa shape index (κ1) is 12.3. The third kappa shape index (κ3) is 2.13. The van der Waals surface area contributed by atoms with Crippen molar-refractivity contribution in [1.29, 1.82) is 0 Å². The largest absolute Gasteiger partial charge is 0.481 e. The molecule has 0 spiro atoms. The summed E-state index contributed by atoms with van der Waals surface area (Å²) in [6.07, 6.45) is 0. The molecule has 1 N–H and O–H groups in total. The van der Waals surface area contributed by atoms with E-state index in [1.807, 2.05) is 0 Å². The van der Waals surface area contributed by atoms with Crippen LogP contribution in [0.5, 0.6) is 0 Å². The van der Waals surface area contributed by atoms with Crippen LogP contribution in [0.4, 0.5) is 14.9 Å². The molecule has 0 radical (unpaired) electrons. The molecular weight excluding hydrogens is 239 g/mol. The standard InChI is InChI=1S/C12H13FN2O3/c1-14(10-5-3-2-4-9(10)13)12(18)15-6-8(7-15)11(16)17/h2-5,8H,6-7H2,1H3,(H,16,17). The van der Waals surface area contributed by atoms with Gasteiger partial charge in [-0.1, -0.05) is 12.1 Å². The fraction of sp³-hybridized carbons (Fsp3) is 0.333. The van der Waals surface area contributed by atoms with Gasteiger partial charge in [0.1, 0.15) is 5.82 Å². The maximum atomic E-state index is 13.5. The smallest absolute Gasteiger partial charge is 0.324 e. The van der Waals surface area contributed by atoms with Gasteiger partial charge >= 0.3 is 12.0 Å². The number of carbonyl (C=O) groups is 2. The molecule has 1 heterocycles. The number of carboxylic acids is 1. The molecule has 0 aliphatic carbocycles. The van der Waals surface area contributed by atoms with E-state index in [4.69, 9.17) is 5.11 Å². The van der Waals surface area contributed by atoms with E-state index in [1.165, 1.54) is 29.0 Å². The SMILES string of the molecule is CN(C(=O)N1CC(C(=O)O)C1)c1ccccc1F. The van der Waals surface area contributed by atoms with Crippen molar-refractivity contribution in [2.75, 3.05) is 25.0 Å². The van der Waals surface area contributed by atoms with Gasteiger partial charge in [-0.2, -0.15) is 0 Å². The fourth-order valence-electron chi connectivity index (χ4n) is 1.83. The minimum absolute atomic E-state index is 0.174. The van der Waals surface area contributed by atoms with Crippen LogP contribution >= 0.6 is 0 Å². The Kier molecular flexibility index (Phi) is 3.18. The summed E-state index contributed by atoms with van der Waals surface area (Å²) >= 11 is 0. The van der Waals surface area contributed by atoms with E-state index in [-0.39, 0.29) is 18.8 Å².